The second-order valence-electron chi connectivity index (χ2n) is 7.89. The van der Waals surface area contributed by atoms with Crippen LogP contribution in [0.2, 0.25) is 0 Å². The summed E-state index contributed by atoms with van der Waals surface area (Å²) >= 11 is 7.11. The maximum atomic E-state index is 5.46. The van der Waals surface area contributed by atoms with E-state index in [0.29, 0.717) is 18.0 Å². The molecule has 0 radical (unpaired) electrons. The van der Waals surface area contributed by atoms with Crippen LogP contribution in [0.1, 0.15) is 48.1 Å². The summed E-state index contributed by atoms with van der Waals surface area (Å²) in [6.07, 6.45) is 5.61. The van der Waals surface area contributed by atoms with E-state index in [0.717, 1.165) is 10.9 Å². The molecule has 3 atom stereocenters. The Balaban J connectivity index is 1.76. The summed E-state index contributed by atoms with van der Waals surface area (Å²) in [6, 6.07) is 5.75. The first kappa shape index (κ1) is 18.3. The zero-order chi connectivity index (χ0) is 18.4. The first-order valence-electron chi connectivity index (χ1n) is 9.72. The Morgan fingerprint density at radius 3 is 2.92 bits per heavy atom. The first-order chi connectivity index (χ1) is 12.5. The molecule has 2 aromatic rings. The van der Waals surface area contributed by atoms with Crippen LogP contribution in [-0.2, 0) is 6.42 Å². The quantitative estimate of drug-likeness (QED) is 0.759. The highest BCUT2D eigenvalue weighted by Gasteiger charge is 2.41. The van der Waals surface area contributed by atoms with E-state index in [9.17, 15) is 0 Å². The summed E-state index contributed by atoms with van der Waals surface area (Å²) < 4.78 is 0.924. The van der Waals surface area contributed by atoms with Crippen LogP contribution in [0.3, 0.4) is 0 Å². The molecule has 1 saturated heterocycles. The molecule has 0 unspecified atom stereocenters. The predicted molar refractivity (Wildman–Crippen MR) is 118 cm³/mol. The summed E-state index contributed by atoms with van der Waals surface area (Å²) in [5, 5.41) is 5.12. The summed E-state index contributed by atoms with van der Waals surface area (Å²) in [5.74, 6) is 0.586. The Bertz CT molecular complexity index is 841. The minimum atomic E-state index is 0.445. The molecule has 1 fully saturated rings. The van der Waals surface area contributed by atoms with Crippen molar-refractivity contribution >= 4 is 39.2 Å². The van der Waals surface area contributed by atoms with Crippen LogP contribution in [0.4, 0.5) is 0 Å². The third-order valence-corrected chi connectivity index (χ3v) is 7.38. The molecule has 2 heterocycles. The molecule has 0 saturated carbocycles. The van der Waals surface area contributed by atoms with Gasteiger partial charge in [-0.15, -0.1) is 11.8 Å². The van der Waals surface area contributed by atoms with Gasteiger partial charge in [-0.2, -0.15) is 0 Å². The lowest BCUT2D eigenvalue weighted by Crippen LogP contribution is -2.56. The van der Waals surface area contributed by atoms with Crippen molar-refractivity contribution in [2.45, 2.75) is 58.0 Å². The Morgan fingerprint density at radius 2 is 2.19 bits per heavy atom. The van der Waals surface area contributed by atoms with E-state index in [4.69, 9.17) is 12.2 Å². The van der Waals surface area contributed by atoms with Crippen molar-refractivity contribution < 1.29 is 0 Å². The number of aryl methyl sites for hydroxylation is 2. The molecule has 1 aliphatic heterocycles. The molecule has 0 amide bonds. The SMILES string of the molecule is CCCN1C[C@@H](NC(=S)SC)C[C@@H]2c3ccc(C)c4[nH]c(C)c(c34)C[C@H]21. The standard InChI is InChI=1S/C21H29N3S2/c1-5-8-24-11-14(23-21(25)26-4)9-17-15-7-6-12(2)20-19(15)16(10-18(17)24)13(3)22-20/h6-7,14,17-18,22H,5,8-11H2,1-4H3,(H,23,25)/t14-,17+,18+/m0/s1. The van der Waals surface area contributed by atoms with Crippen LogP contribution in [0.25, 0.3) is 10.9 Å². The van der Waals surface area contributed by atoms with Crippen LogP contribution < -0.4 is 5.32 Å². The number of fused-ring (bicyclic) bond motifs is 2. The fourth-order valence-corrected chi connectivity index (χ4v) is 5.58. The Kier molecular flexibility index (Phi) is 5.06. The van der Waals surface area contributed by atoms with Crippen molar-refractivity contribution in [1.29, 1.82) is 0 Å². The van der Waals surface area contributed by atoms with Gasteiger partial charge < -0.3 is 10.3 Å². The number of benzene rings is 1. The Morgan fingerprint density at radius 1 is 1.38 bits per heavy atom. The smallest absolute Gasteiger partial charge is 0.133 e. The second-order valence-corrected chi connectivity index (χ2v) is 9.37. The van der Waals surface area contributed by atoms with E-state index in [1.165, 1.54) is 48.0 Å². The summed E-state index contributed by atoms with van der Waals surface area (Å²) in [4.78, 5) is 6.40. The molecule has 140 valence electrons. The number of H-pyrrole nitrogens is 1. The normalized spacial score (nSPS) is 25.3. The van der Waals surface area contributed by atoms with E-state index in [1.54, 1.807) is 22.9 Å². The summed E-state index contributed by atoms with van der Waals surface area (Å²) in [7, 11) is 0. The highest BCUT2D eigenvalue weighted by atomic mass is 32.2. The first-order valence-corrected chi connectivity index (χ1v) is 11.4. The average molecular weight is 388 g/mol. The molecule has 3 nitrogen and oxygen atoms in total. The van der Waals surface area contributed by atoms with Gasteiger partial charge in [-0.05, 0) is 62.6 Å². The highest BCUT2D eigenvalue weighted by molar-refractivity contribution is 8.22. The van der Waals surface area contributed by atoms with Gasteiger partial charge >= 0.3 is 0 Å². The van der Waals surface area contributed by atoms with Gasteiger partial charge in [0.05, 0.1) is 0 Å². The third kappa shape index (κ3) is 2.98. The average Bonchev–Trinajstić information content (AvgIpc) is 2.96. The molecule has 0 spiro atoms. The number of aromatic nitrogens is 1. The zero-order valence-corrected chi connectivity index (χ0v) is 17.8. The van der Waals surface area contributed by atoms with Gasteiger partial charge in [0.15, 0.2) is 0 Å². The fourth-order valence-electron chi connectivity index (χ4n) is 5.12. The summed E-state index contributed by atoms with van der Waals surface area (Å²) in [5.41, 5.74) is 7.16. The molecule has 2 aliphatic rings. The van der Waals surface area contributed by atoms with Gasteiger partial charge in [-0.3, -0.25) is 4.90 Å². The van der Waals surface area contributed by atoms with Crippen molar-refractivity contribution in [3.05, 3.63) is 34.5 Å². The van der Waals surface area contributed by atoms with E-state index < -0.39 is 0 Å². The molecule has 4 rings (SSSR count). The van der Waals surface area contributed by atoms with Crippen molar-refractivity contribution in [3.63, 3.8) is 0 Å². The monoisotopic (exact) mass is 387 g/mol. The number of nitrogens with zero attached hydrogens (tertiary/aromatic N) is 1. The van der Waals surface area contributed by atoms with Gasteiger partial charge in [0.1, 0.15) is 4.32 Å². The summed E-state index contributed by atoms with van der Waals surface area (Å²) in [6.45, 7) is 9.02. The molecular formula is C21H29N3S2. The van der Waals surface area contributed by atoms with Crippen molar-refractivity contribution in [2.24, 2.45) is 0 Å². The number of nitrogens with one attached hydrogen (secondary N) is 2. The Labute approximate surface area is 166 Å². The van der Waals surface area contributed by atoms with E-state index >= 15 is 0 Å². The third-order valence-electron chi connectivity index (χ3n) is 6.27. The van der Waals surface area contributed by atoms with Crippen molar-refractivity contribution in [1.82, 2.24) is 15.2 Å². The number of thiocarbonyl (C=S) groups is 1. The molecule has 5 heteroatoms. The molecule has 1 aliphatic carbocycles. The Hall–Kier alpha value is -1.04. The number of piperidine rings is 1. The van der Waals surface area contributed by atoms with Crippen LogP contribution in [0, 0.1) is 13.8 Å². The number of likely N-dealkylation sites (tertiary alicyclic amines) is 1. The van der Waals surface area contributed by atoms with Gasteiger partial charge in [-0.1, -0.05) is 31.3 Å². The van der Waals surface area contributed by atoms with Gasteiger partial charge in [-0.25, -0.2) is 0 Å². The van der Waals surface area contributed by atoms with Gasteiger partial charge in [0.2, 0.25) is 0 Å². The molecule has 2 N–H and O–H groups in total. The number of hydrogen-bond donors (Lipinski definition) is 2. The van der Waals surface area contributed by atoms with Gasteiger partial charge in [0.25, 0.3) is 0 Å². The van der Waals surface area contributed by atoms with Crippen molar-refractivity contribution in [3.8, 4) is 0 Å². The molecule has 1 aromatic carbocycles. The maximum absolute atomic E-state index is 5.46. The number of hydrogen-bond acceptors (Lipinski definition) is 3. The molecule has 26 heavy (non-hydrogen) atoms. The number of rotatable bonds is 3. The van der Waals surface area contributed by atoms with Crippen LogP contribution in [0.15, 0.2) is 12.1 Å². The molecular weight excluding hydrogens is 358 g/mol. The molecule has 1 aromatic heterocycles. The fraction of sp³-hybridized carbons (Fsp3) is 0.571. The zero-order valence-electron chi connectivity index (χ0n) is 16.2. The minimum absolute atomic E-state index is 0.445. The lowest BCUT2D eigenvalue weighted by Gasteiger charge is -2.47. The second kappa shape index (κ2) is 7.17. The topological polar surface area (TPSA) is 31.1 Å². The van der Waals surface area contributed by atoms with Crippen LogP contribution in [-0.4, -0.2) is 45.6 Å². The number of thioether (sulfide) groups is 1. The van der Waals surface area contributed by atoms with E-state index in [-0.39, 0.29) is 0 Å². The minimum Gasteiger partial charge on any atom is -0.367 e. The lowest BCUT2D eigenvalue weighted by atomic mass is 9.73. The van der Waals surface area contributed by atoms with E-state index in [1.807, 2.05) is 0 Å². The van der Waals surface area contributed by atoms with E-state index in [2.05, 4.69) is 54.4 Å². The largest absolute Gasteiger partial charge is 0.367 e. The lowest BCUT2D eigenvalue weighted by molar-refractivity contribution is 0.105. The van der Waals surface area contributed by atoms with Crippen LogP contribution >= 0.6 is 24.0 Å². The number of aromatic amines is 1. The highest BCUT2D eigenvalue weighted by Crippen LogP contribution is 2.45. The van der Waals surface area contributed by atoms with Crippen LogP contribution in [0.5, 0.6) is 0 Å². The maximum Gasteiger partial charge on any atom is 0.133 e. The predicted octanol–water partition coefficient (Wildman–Crippen LogP) is 4.51. The van der Waals surface area contributed by atoms with Crippen molar-refractivity contribution in [2.75, 3.05) is 19.3 Å². The molecule has 0 bridgehead atoms. The van der Waals surface area contributed by atoms with Gasteiger partial charge in [0, 0.05) is 41.1 Å².